The minimum Gasteiger partial charge on any atom is -0.328 e. The van der Waals surface area contributed by atoms with E-state index in [0.717, 1.165) is 34.0 Å². The summed E-state index contributed by atoms with van der Waals surface area (Å²) in [7, 11) is 2.01. The van der Waals surface area contributed by atoms with Gasteiger partial charge in [-0.25, -0.2) is 4.98 Å². The lowest BCUT2D eigenvalue weighted by atomic mass is 10.0. The third kappa shape index (κ3) is 3.20. The Bertz CT molecular complexity index is 984. The van der Waals surface area contributed by atoms with E-state index in [1.165, 1.54) is 0 Å². The van der Waals surface area contributed by atoms with Gasteiger partial charge in [0.05, 0.1) is 17.6 Å². The van der Waals surface area contributed by atoms with Crippen LogP contribution in [0.5, 0.6) is 0 Å². The molecule has 3 heteroatoms. The van der Waals surface area contributed by atoms with Gasteiger partial charge in [-0.1, -0.05) is 78.9 Å². The number of para-hydroxylation sites is 1. The summed E-state index contributed by atoms with van der Waals surface area (Å²) in [5.41, 5.74) is 4.97. The Morgan fingerprint density at radius 1 is 0.615 bits per heavy atom. The van der Waals surface area contributed by atoms with Crippen LogP contribution in [0.25, 0.3) is 22.5 Å². The first-order valence-corrected chi connectivity index (χ1v) is 8.59. The van der Waals surface area contributed by atoms with E-state index in [9.17, 15) is 0 Å². The van der Waals surface area contributed by atoms with Gasteiger partial charge in [-0.2, -0.15) is 0 Å². The molecule has 0 aliphatic heterocycles. The molecule has 0 aliphatic carbocycles. The Hall–Kier alpha value is -3.46. The molecule has 0 spiro atoms. The van der Waals surface area contributed by atoms with Crippen LogP contribution in [-0.2, 0) is 0 Å². The summed E-state index contributed by atoms with van der Waals surface area (Å²) in [5.74, 6) is 0.815. The van der Waals surface area contributed by atoms with Crippen LogP contribution < -0.4 is 4.90 Å². The smallest absolute Gasteiger partial charge is 0.152 e. The maximum absolute atomic E-state index is 4.96. The lowest BCUT2D eigenvalue weighted by Crippen LogP contribution is -2.12. The van der Waals surface area contributed by atoms with Gasteiger partial charge in [0.1, 0.15) is 0 Å². The van der Waals surface area contributed by atoms with Crippen LogP contribution in [0.4, 0.5) is 11.5 Å². The number of hydrogen-bond donors (Lipinski definition) is 0. The van der Waals surface area contributed by atoms with Crippen molar-refractivity contribution in [2.45, 2.75) is 0 Å². The molecule has 3 aromatic carbocycles. The zero-order chi connectivity index (χ0) is 17.8. The molecule has 0 atom stereocenters. The second kappa shape index (κ2) is 7.19. The molecule has 0 aliphatic rings. The molecule has 126 valence electrons. The van der Waals surface area contributed by atoms with Gasteiger partial charge in [0.25, 0.3) is 0 Å². The fourth-order valence-corrected chi connectivity index (χ4v) is 2.93. The fourth-order valence-electron chi connectivity index (χ4n) is 2.93. The van der Waals surface area contributed by atoms with Gasteiger partial charge >= 0.3 is 0 Å². The average Bonchev–Trinajstić information content (AvgIpc) is 2.75. The van der Waals surface area contributed by atoms with Crippen LogP contribution in [-0.4, -0.2) is 17.0 Å². The van der Waals surface area contributed by atoms with Crippen molar-refractivity contribution in [2.75, 3.05) is 11.9 Å². The standard InChI is InChI=1S/C23H19N3/c1-26(20-15-9-4-10-16-20)21-17-24-22(18-11-5-2-6-12-18)23(25-21)19-13-7-3-8-14-19/h2-17H,1H3. The third-order valence-electron chi connectivity index (χ3n) is 4.34. The summed E-state index contributed by atoms with van der Waals surface area (Å²) in [6.45, 7) is 0. The van der Waals surface area contributed by atoms with Crippen LogP contribution >= 0.6 is 0 Å². The molecule has 4 rings (SSSR count). The van der Waals surface area contributed by atoms with E-state index in [1.807, 2.05) is 72.7 Å². The summed E-state index contributed by atoms with van der Waals surface area (Å²) >= 11 is 0. The summed E-state index contributed by atoms with van der Waals surface area (Å²) < 4.78 is 0. The molecule has 1 heterocycles. The molecule has 0 saturated carbocycles. The number of anilines is 2. The molecule has 0 bridgehead atoms. The van der Waals surface area contributed by atoms with E-state index in [4.69, 9.17) is 9.97 Å². The predicted octanol–water partition coefficient (Wildman–Crippen LogP) is 5.58. The van der Waals surface area contributed by atoms with Crippen LogP contribution in [0, 0.1) is 0 Å². The zero-order valence-electron chi connectivity index (χ0n) is 14.6. The Labute approximate surface area is 153 Å². The van der Waals surface area contributed by atoms with Crippen molar-refractivity contribution in [1.82, 2.24) is 9.97 Å². The van der Waals surface area contributed by atoms with Gasteiger partial charge < -0.3 is 4.90 Å². The molecule has 0 amide bonds. The van der Waals surface area contributed by atoms with Gasteiger partial charge in [0.15, 0.2) is 5.82 Å². The SMILES string of the molecule is CN(c1ccccc1)c1cnc(-c2ccccc2)c(-c2ccccc2)n1. The van der Waals surface area contributed by atoms with Crippen LogP contribution in [0.3, 0.4) is 0 Å². The van der Waals surface area contributed by atoms with E-state index < -0.39 is 0 Å². The molecule has 0 saturated heterocycles. The molecule has 0 N–H and O–H groups in total. The largest absolute Gasteiger partial charge is 0.328 e. The molecule has 3 nitrogen and oxygen atoms in total. The summed E-state index contributed by atoms with van der Waals surface area (Å²) in [5, 5.41) is 0. The van der Waals surface area contributed by atoms with Gasteiger partial charge in [0, 0.05) is 23.9 Å². The number of rotatable bonds is 4. The first-order valence-electron chi connectivity index (χ1n) is 8.59. The first-order chi connectivity index (χ1) is 12.8. The van der Waals surface area contributed by atoms with Crippen molar-refractivity contribution < 1.29 is 0 Å². The highest BCUT2D eigenvalue weighted by Gasteiger charge is 2.14. The first kappa shape index (κ1) is 16.0. The Balaban J connectivity index is 1.85. The summed E-state index contributed by atoms with van der Waals surface area (Å²) in [6.07, 6.45) is 1.84. The molecular weight excluding hydrogens is 318 g/mol. The highest BCUT2D eigenvalue weighted by atomic mass is 15.2. The maximum Gasteiger partial charge on any atom is 0.152 e. The monoisotopic (exact) mass is 337 g/mol. The minimum atomic E-state index is 0.815. The summed E-state index contributed by atoms with van der Waals surface area (Å²) in [6, 6.07) is 30.6. The lowest BCUT2D eigenvalue weighted by Gasteiger charge is -2.20. The van der Waals surface area contributed by atoms with Crippen molar-refractivity contribution >= 4 is 11.5 Å². The topological polar surface area (TPSA) is 29.0 Å². The molecule has 4 aromatic rings. The highest BCUT2D eigenvalue weighted by Crippen LogP contribution is 2.31. The van der Waals surface area contributed by atoms with Gasteiger partial charge in [-0.3, -0.25) is 4.98 Å². The quantitative estimate of drug-likeness (QED) is 0.487. The van der Waals surface area contributed by atoms with E-state index in [0.29, 0.717) is 0 Å². The zero-order valence-corrected chi connectivity index (χ0v) is 14.6. The Morgan fingerprint density at radius 3 is 1.69 bits per heavy atom. The normalized spacial score (nSPS) is 10.5. The van der Waals surface area contributed by atoms with Gasteiger partial charge in [-0.05, 0) is 12.1 Å². The minimum absolute atomic E-state index is 0.815. The van der Waals surface area contributed by atoms with Gasteiger partial charge in [0.2, 0.25) is 0 Å². The van der Waals surface area contributed by atoms with Crippen molar-refractivity contribution in [2.24, 2.45) is 0 Å². The maximum atomic E-state index is 4.96. The second-order valence-electron chi connectivity index (χ2n) is 6.05. The summed E-state index contributed by atoms with van der Waals surface area (Å²) in [4.78, 5) is 11.8. The fraction of sp³-hybridized carbons (Fsp3) is 0.0435. The Morgan fingerprint density at radius 2 is 1.12 bits per heavy atom. The number of nitrogens with zero attached hydrogens (tertiary/aromatic N) is 3. The molecular formula is C23H19N3. The number of benzene rings is 3. The predicted molar refractivity (Wildman–Crippen MR) is 107 cm³/mol. The lowest BCUT2D eigenvalue weighted by molar-refractivity contribution is 1.09. The van der Waals surface area contributed by atoms with Gasteiger partial charge in [-0.15, -0.1) is 0 Å². The second-order valence-corrected chi connectivity index (χ2v) is 6.05. The van der Waals surface area contributed by atoms with Crippen LogP contribution in [0.1, 0.15) is 0 Å². The van der Waals surface area contributed by atoms with Crippen molar-refractivity contribution in [3.63, 3.8) is 0 Å². The molecule has 0 unspecified atom stereocenters. The van der Waals surface area contributed by atoms with E-state index in [-0.39, 0.29) is 0 Å². The van der Waals surface area contributed by atoms with E-state index >= 15 is 0 Å². The molecule has 0 radical (unpaired) electrons. The number of aromatic nitrogens is 2. The van der Waals surface area contributed by atoms with Crippen molar-refractivity contribution in [3.05, 3.63) is 97.2 Å². The van der Waals surface area contributed by atoms with Crippen molar-refractivity contribution in [3.8, 4) is 22.5 Å². The molecule has 26 heavy (non-hydrogen) atoms. The molecule has 1 aromatic heterocycles. The van der Waals surface area contributed by atoms with E-state index in [1.54, 1.807) is 0 Å². The molecule has 0 fully saturated rings. The van der Waals surface area contributed by atoms with Crippen LogP contribution in [0.2, 0.25) is 0 Å². The number of hydrogen-bond acceptors (Lipinski definition) is 3. The Kier molecular flexibility index (Phi) is 4.44. The van der Waals surface area contributed by atoms with E-state index in [2.05, 4.69) is 36.4 Å². The third-order valence-corrected chi connectivity index (χ3v) is 4.34. The average molecular weight is 337 g/mol. The van der Waals surface area contributed by atoms with Crippen molar-refractivity contribution in [1.29, 1.82) is 0 Å². The highest BCUT2D eigenvalue weighted by molar-refractivity contribution is 5.79. The van der Waals surface area contributed by atoms with Crippen LogP contribution in [0.15, 0.2) is 97.2 Å².